The molecule has 30 heavy (non-hydrogen) atoms. The van der Waals surface area contributed by atoms with Crippen LogP contribution in [-0.2, 0) is 10.2 Å². The lowest BCUT2D eigenvalue weighted by atomic mass is 9.81. The zero-order valence-electron chi connectivity index (χ0n) is 18.0. The molecule has 1 amide bonds. The Balaban J connectivity index is 1.28. The first-order valence-corrected chi connectivity index (χ1v) is 10.8. The third-order valence-electron chi connectivity index (χ3n) is 6.86. The summed E-state index contributed by atoms with van der Waals surface area (Å²) in [5.74, 6) is 1.17. The largest absolute Gasteiger partial charge is 0.423 e. The molecule has 160 valence electrons. The number of amides is 1. The molecule has 1 N–H and O–H groups in total. The monoisotopic (exact) mass is 412 g/mol. The predicted molar refractivity (Wildman–Crippen MR) is 112 cm³/mol. The first kappa shape index (κ1) is 19.6. The molecule has 0 saturated heterocycles. The second-order valence-electron chi connectivity index (χ2n) is 10.3. The molecule has 0 radical (unpaired) electrons. The van der Waals surface area contributed by atoms with Crippen molar-refractivity contribution in [2.75, 3.05) is 0 Å². The smallest absolute Gasteiger partial charge is 0.404 e. The summed E-state index contributed by atoms with van der Waals surface area (Å²) in [4.78, 5) is 18.2. The lowest BCUT2D eigenvalue weighted by Gasteiger charge is -2.26. The summed E-state index contributed by atoms with van der Waals surface area (Å²) in [6, 6.07) is 3.48. The quantitative estimate of drug-likeness (QED) is 0.776. The number of allylic oxidation sites excluding steroid dienone is 2. The highest BCUT2D eigenvalue weighted by Crippen LogP contribution is 2.52. The molecule has 3 atom stereocenters. The third kappa shape index (κ3) is 3.30. The maximum Gasteiger partial charge on any atom is 0.404 e. The van der Waals surface area contributed by atoms with E-state index in [0.717, 1.165) is 43.4 Å². The number of nitrogens with zero attached hydrogens (tertiary/aromatic N) is 1. The highest BCUT2D eigenvalue weighted by molar-refractivity contribution is 5.94. The van der Waals surface area contributed by atoms with Crippen molar-refractivity contribution >= 4 is 11.6 Å². The standard InChI is InChI=1S/C24H29FN2O3/c1-22(2,3)20-12-14-11-16(6-7-17(14)27-20)26-21(28)24(9-10-24)15-5-8-18-19(13-15)30-23(4,25)29-18/h5-6,8,13-14,20H,7,9-12H2,1-4H3,(H,26,28). The molecule has 6 heteroatoms. The van der Waals surface area contributed by atoms with Crippen molar-refractivity contribution in [3.63, 3.8) is 0 Å². The van der Waals surface area contributed by atoms with Gasteiger partial charge in [0, 0.05) is 30.7 Å². The average molecular weight is 413 g/mol. The van der Waals surface area contributed by atoms with Crippen LogP contribution < -0.4 is 14.8 Å². The van der Waals surface area contributed by atoms with Gasteiger partial charge in [0.15, 0.2) is 11.5 Å². The van der Waals surface area contributed by atoms with Crippen molar-refractivity contribution in [1.29, 1.82) is 0 Å². The molecule has 4 aliphatic rings. The lowest BCUT2D eigenvalue weighted by Crippen LogP contribution is -2.36. The van der Waals surface area contributed by atoms with Crippen LogP contribution in [0.25, 0.3) is 0 Å². The van der Waals surface area contributed by atoms with Gasteiger partial charge in [-0.3, -0.25) is 9.79 Å². The van der Waals surface area contributed by atoms with E-state index in [1.165, 1.54) is 12.6 Å². The second kappa shape index (κ2) is 6.32. The fourth-order valence-corrected chi connectivity index (χ4v) is 4.83. The van der Waals surface area contributed by atoms with Crippen LogP contribution in [0, 0.1) is 11.3 Å². The van der Waals surface area contributed by atoms with E-state index in [1.807, 2.05) is 6.07 Å². The number of rotatable bonds is 3. The van der Waals surface area contributed by atoms with Gasteiger partial charge in [-0.2, -0.15) is 4.39 Å². The number of hydrogen-bond donors (Lipinski definition) is 1. The van der Waals surface area contributed by atoms with E-state index in [4.69, 9.17) is 14.5 Å². The molecule has 2 aliphatic carbocycles. The first-order chi connectivity index (χ1) is 14.1. The van der Waals surface area contributed by atoms with Crippen LogP contribution in [0.3, 0.4) is 0 Å². The Bertz CT molecular complexity index is 969. The van der Waals surface area contributed by atoms with Crippen LogP contribution in [0.15, 0.2) is 35.0 Å². The fourth-order valence-electron chi connectivity index (χ4n) is 4.83. The molecule has 1 fully saturated rings. The van der Waals surface area contributed by atoms with Gasteiger partial charge in [0.1, 0.15) is 0 Å². The molecule has 1 aromatic carbocycles. The SMILES string of the molecule is CC1(F)Oc2ccc(C3(C(=O)NC4=CCC5=NC(C(C)(C)C)CC5C4)CC3)cc2O1. The third-order valence-corrected chi connectivity index (χ3v) is 6.86. The van der Waals surface area contributed by atoms with Crippen LogP contribution in [0.4, 0.5) is 4.39 Å². The van der Waals surface area contributed by atoms with Crippen molar-refractivity contribution in [2.24, 2.45) is 16.3 Å². The zero-order valence-corrected chi connectivity index (χ0v) is 18.0. The van der Waals surface area contributed by atoms with Crippen LogP contribution in [-0.4, -0.2) is 23.7 Å². The predicted octanol–water partition coefficient (Wildman–Crippen LogP) is 4.80. The molecule has 3 unspecified atom stereocenters. The Labute approximate surface area is 176 Å². The fraction of sp³-hybridized carbons (Fsp3) is 0.583. The summed E-state index contributed by atoms with van der Waals surface area (Å²) in [5, 5.41) is 3.19. The van der Waals surface area contributed by atoms with E-state index >= 15 is 0 Å². The van der Waals surface area contributed by atoms with Gasteiger partial charge in [-0.05, 0) is 48.8 Å². The molecule has 0 aromatic heterocycles. The van der Waals surface area contributed by atoms with Crippen LogP contribution in [0.1, 0.15) is 65.4 Å². The van der Waals surface area contributed by atoms with Gasteiger partial charge in [0.2, 0.25) is 5.91 Å². The van der Waals surface area contributed by atoms with Gasteiger partial charge in [0.25, 0.3) is 0 Å². The van der Waals surface area contributed by atoms with E-state index < -0.39 is 11.5 Å². The molecule has 0 bridgehead atoms. The molecular weight excluding hydrogens is 383 g/mol. The molecular formula is C24H29FN2O3. The van der Waals surface area contributed by atoms with Crippen molar-refractivity contribution in [3.05, 3.63) is 35.5 Å². The maximum absolute atomic E-state index is 14.0. The Morgan fingerprint density at radius 2 is 1.97 bits per heavy atom. The minimum atomic E-state index is -2.15. The van der Waals surface area contributed by atoms with Crippen molar-refractivity contribution in [1.82, 2.24) is 5.32 Å². The van der Waals surface area contributed by atoms with Crippen LogP contribution in [0.2, 0.25) is 0 Å². The number of alkyl halides is 1. The summed E-state index contributed by atoms with van der Waals surface area (Å²) in [6.07, 6.45) is 6.39. The Kier molecular flexibility index (Phi) is 4.12. The summed E-state index contributed by atoms with van der Waals surface area (Å²) in [6.45, 7) is 7.95. The van der Waals surface area contributed by atoms with Crippen LogP contribution >= 0.6 is 0 Å². The number of aliphatic imine (C=N–C) groups is 1. The van der Waals surface area contributed by atoms with Gasteiger partial charge >= 0.3 is 6.04 Å². The topological polar surface area (TPSA) is 59.9 Å². The number of halogens is 1. The van der Waals surface area contributed by atoms with E-state index in [0.29, 0.717) is 23.5 Å². The van der Waals surface area contributed by atoms with Gasteiger partial charge in [-0.15, -0.1) is 0 Å². The number of hydrogen-bond acceptors (Lipinski definition) is 4. The average Bonchev–Trinajstić information content (AvgIpc) is 3.24. The molecule has 0 spiro atoms. The van der Waals surface area contributed by atoms with Gasteiger partial charge in [-0.25, -0.2) is 0 Å². The van der Waals surface area contributed by atoms with Crippen molar-refractivity contribution in [3.8, 4) is 11.5 Å². The number of nitrogens with one attached hydrogen (secondary N) is 1. The number of carbonyl (C=O) groups excluding carboxylic acids is 1. The van der Waals surface area contributed by atoms with E-state index in [-0.39, 0.29) is 11.3 Å². The van der Waals surface area contributed by atoms with Gasteiger partial charge in [0.05, 0.1) is 11.5 Å². The first-order valence-electron chi connectivity index (χ1n) is 10.8. The zero-order chi connectivity index (χ0) is 21.3. The normalized spacial score (nSPS) is 31.0. The van der Waals surface area contributed by atoms with Crippen molar-refractivity contribution < 1.29 is 18.7 Å². The van der Waals surface area contributed by atoms with Crippen LogP contribution in [0.5, 0.6) is 11.5 Å². The Morgan fingerprint density at radius 1 is 1.23 bits per heavy atom. The summed E-state index contributed by atoms with van der Waals surface area (Å²) in [7, 11) is 0. The molecule has 5 rings (SSSR count). The van der Waals surface area contributed by atoms with Gasteiger partial charge < -0.3 is 14.8 Å². The Morgan fingerprint density at radius 3 is 2.67 bits per heavy atom. The van der Waals surface area contributed by atoms with E-state index in [2.05, 4.69) is 32.2 Å². The lowest BCUT2D eigenvalue weighted by molar-refractivity contribution is -0.173. The maximum atomic E-state index is 14.0. The summed E-state index contributed by atoms with van der Waals surface area (Å²) < 4.78 is 24.3. The number of ether oxygens (including phenoxy) is 2. The van der Waals surface area contributed by atoms with E-state index in [1.54, 1.807) is 12.1 Å². The minimum absolute atomic E-state index is 0.0152. The second-order valence-corrected chi connectivity index (χ2v) is 10.3. The molecule has 1 aromatic rings. The highest BCUT2D eigenvalue weighted by atomic mass is 19.2. The molecule has 2 aliphatic heterocycles. The van der Waals surface area contributed by atoms with E-state index in [9.17, 15) is 9.18 Å². The Hall–Kier alpha value is -2.37. The summed E-state index contributed by atoms with van der Waals surface area (Å²) >= 11 is 0. The minimum Gasteiger partial charge on any atom is -0.423 e. The number of fused-ring (bicyclic) bond motifs is 2. The summed E-state index contributed by atoms with van der Waals surface area (Å²) in [5.41, 5.74) is 2.74. The molecule has 2 heterocycles. The molecule has 1 saturated carbocycles. The van der Waals surface area contributed by atoms with Crippen molar-refractivity contribution in [2.45, 2.75) is 77.3 Å². The van der Waals surface area contributed by atoms with Gasteiger partial charge in [-0.1, -0.05) is 32.9 Å². The highest BCUT2D eigenvalue weighted by Gasteiger charge is 2.52. The number of benzene rings is 1. The molecule has 5 nitrogen and oxygen atoms in total. The number of carbonyl (C=O) groups is 1.